The van der Waals surface area contributed by atoms with Crippen LogP contribution >= 0.6 is 0 Å². The van der Waals surface area contributed by atoms with E-state index in [0.717, 1.165) is 12.8 Å². The molecule has 20 heavy (non-hydrogen) atoms. The summed E-state index contributed by atoms with van der Waals surface area (Å²) in [5.74, 6) is 0. The van der Waals surface area contributed by atoms with E-state index in [1.165, 1.54) is 30.4 Å². The van der Waals surface area contributed by atoms with Gasteiger partial charge in [0.1, 0.15) is 0 Å². The Balaban J connectivity index is 1.56. The van der Waals surface area contributed by atoms with Gasteiger partial charge in [0.25, 0.3) is 0 Å². The van der Waals surface area contributed by atoms with Gasteiger partial charge in [-0.05, 0) is 49.7 Å². The molecule has 0 aromatic heterocycles. The second-order valence-corrected chi connectivity index (χ2v) is 5.26. The second kappa shape index (κ2) is 8.55. The Bertz CT molecular complexity index is 464. The largest absolute Gasteiger partial charge is 0.324 e. The first kappa shape index (κ1) is 14.8. The third-order valence-corrected chi connectivity index (χ3v) is 3.63. The first-order valence-corrected chi connectivity index (χ1v) is 7.52. The zero-order chi connectivity index (χ0) is 14.0. The second-order valence-electron chi connectivity index (χ2n) is 5.26. The van der Waals surface area contributed by atoms with Gasteiger partial charge in [0, 0.05) is 6.04 Å². The number of nitrogens with two attached hydrogens (primary N) is 1. The lowest BCUT2D eigenvalue weighted by molar-refractivity contribution is 0.626. The van der Waals surface area contributed by atoms with Crippen molar-refractivity contribution in [2.24, 2.45) is 5.73 Å². The summed E-state index contributed by atoms with van der Waals surface area (Å²) >= 11 is 0. The lowest BCUT2D eigenvalue weighted by Crippen LogP contribution is -2.09. The maximum absolute atomic E-state index is 6.18. The molecule has 1 atom stereocenters. The third-order valence-electron chi connectivity index (χ3n) is 3.63. The highest BCUT2D eigenvalue weighted by atomic mass is 14.6. The fourth-order valence-electron chi connectivity index (χ4n) is 2.40. The highest BCUT2D eigenvalue weighted by Crippen LogP contribution is 2.17. The molecule has 0 amide bonds. The molecule has 0 bridgehead atoms. The fourth-order valence-corrected chi connectivity index (χ4v) is 2.40. The summed E-state index contributed by atoms with van der Waals surface area (Å²) in [5, 5.41) is 0. The lowest BCUT2D eigenvalue weighted by Gasteiger charge is -2.11. The summed E-state index contributed by atoms with van der Waals surface area (Å²) in [5.41, 5.74) is 8.85. The molecule has 2 rings (SSSR count). The third kappa shape index (κ3) is 5.18. The van der Waals surface area contributed by atoms with Crippen molar-refractivity contribution < 1.29 is 0 Å². The van der Waals surface area contributed by atoms with Gasteiger partial charge in [-0.15, -0.1) is 0 Å². The predicted molar refractivity (Wildman–Crippen MR) is 86.3 cm³/mol. The van der Waals surface area contributed by atoms with Crippen LogP contribution in [0.1, 0.15) is 42.9 Å². The van der Waals surface area contributed by atoms with Crippen molar-refractivity contribution in [1.82, 2.24) is 0 Å². The quantitative estimate of drug-likeness (QED) is 0.689. The van der Waals surface area contributed by atoms with Crippen LogP contribution in [0.3, 0.4) is 0 Å². The number of hydrogen-bond donors (Lipinski definition) is 1. The minimum absolute atomic E-state index is 0.168. The molecule has 0 spiro atoms. The molecule has 0 heterocycles. The topological polar surface area (TPSA) is 26.0 Å². The van der Waals surface area contributed by atoms with Crippen molar-refractivity contribution in [2.75, 3.05) is 0 Å². The van der Waals surface area contributed by atoms with Crippen LogP contribution in [0.2, 0.25) is 0 Å². The van der Waals surface area contributed by atoms with E-state index in [2.05, 4.69) is 61.0 Å². The van der Waals surface area contributed by atoms with Crippen molar-refractivity contribution in [2.45, 2.75) is 38.1 Å². The summed E-state index contributed by atoms with van der Waals surface area (Å²) in [6.45, 7) is 0. The molecule has 0 aliphatic heterocycles. The molecule has 2 aromatic carbocycles. The van der Waals surface area contributed by atoms with Gasteiger partial charge in [-0.3, -0.25) is 0 Å². The highest BCUT2D eigenvalue weighted by Gasteiger charge is 2.04. The molecule has 1 unspecified atom stereocenters. The van der Waals surface area contributed by atoms with E-state index in [0.29, 0.717) is 0 Å². The van der Waals surface area contributed by atoms with Gasteiger partial charge >= 0.3 is 0 Å². The Morgan fingerprint density at radius 3 is 2.20 bits per heavy atom. The Morgan fingerprint density at radius 1 is 0.850 bits per heavy atom. The molecule has 1 nitrogen and oxygen atoms in total. The molecule has 1 radical (unpaired) electrons. The van der Waals surface area contributed by atoms with Crippen LogP contribution in [0, 0.1) is 6.42 Å². The van der Waals surface area contributed by atoms with Crippen LogP contribution in [0.4, 0.5) is 0 Å². The van der Waals surface area contributed by atoms with Crippen molar-refractivity contribution in [3.05, 3.63) is 78.2 Å². The van der Waals surface area contributed by atoms with Crippen LogP contribution < -0.4 is 5.73 Å². The molecule has 1 heteroatoms. The van der Waals surface area contributed by atoms with Gasteiger partial charge in [0.05, 0.1) is 0 Å². The summed E-state index contributed by atoms with van der Waals surface area (Å²) in [6, 6.07) is 21.2. The van der Waals surface area contributed by atoms with Gasteiger partial charge in [0.15, 0.2) is 0 Å². The van der Waals surface area contributed by atoms with Crippen molar-refractivity contribution in [3.8, 4) is 0 Å². The van der Waals surface area contributed by atoms with Gasteiger partial charge in [-0.25, -0.2) is 0 Å². The monoisotopic (exact) mass is 266 g/mol. The maximum atomic E-state index is 6.18. The number of rotatable bonds is 8. The first-order chi connectivity index (χ1) is 9.86. The Kier molecular flexibility index (Phi) is 6.33. The molecule has 105 valence electrons. The Morgan fingerprint density at radius 2 is 1.50 bits per heavy atom. The number of aryl methyl sites for hydroxylation is 1. The van der Waals surface area contributed by atoms with E-state index in [9.17, 15) is 0 Å². The molecular weight excluding hydrogens is 242 g/mol. The van der Waals surface area contributed by atoms with E-state index < -0.39 is 0 Å². The van der Waals surface area contributed by atoms with Crippen LogP contribution in [0.15, 0.2) is 60.7 Å². The number of unbranched alkanes of at least 4 members (excludes halogenated alkanes) is 3. The predicted octanol–water partition coefficient (Wildman–Crippen LogP) is 4.69. The molecule has 0 aliphatic carbocycles. The number of benzene rings is 2. The summed E-state index contributed by atoms with van der Waals surface area (Å²) in [6.07, 6.45) is 8.09. The Hall–Kier alpha value is -1.60. The van der Waals surface area contributed by atoms with E-state index in [4.69, 9.17) is 5.73 Å². The molecule has 0 fully saturated rings. The van der Waals surface area contributed by atoms with Crippen molar-refractivity contribution in [1.29, 1.82) is 0 Å². The summed E-state index contributed by atoms with van der Waals surface area (Å²) < 4.78 is 0. The smallest absolute Gasteiger partial charge is 0.0294 e. The first-order valence-electron chi connectivity index (χ1n) is 7.52. The minimum atomic E-state index is 0.168. The Labute approximate surface area is 122 Å². The van der Waals surface area contributed by atoms with Crippen LogP contribution in [0.5, 0.6) is 0 Å². The maximum Gasteiger partial charge on any atom is 0.0294 e. The highest BCUT2D eigenvalue weighted by molar-refractivity contribution is 5.18. The molecule has 2 aromatic rings. The van der Waals surface area contributed by atoms with Crippen LogP contribution in [-0.4, -0.2) is 0 Å². The molecule has 0 aliphatic rings. The van der Waals surface area contributed by atoms with E-state index in [-0.39, 0.29) is 6.04 Å². The summed E-state index contributed by atoms with van der Waals surface area (Å²) in [4.78, 5) is 0. The van der Waals surface area contributed by atoms with Crippen molar-refractivity contribution in [3.63, 3.8) is 0 Å². The fraction of sp³-hybridized carbons (Fsp3) is 0.316. The summed E-state index contributed by atoms with van der Waals surface area (Å²) in [7, 11) is 0. The van der Waals surface area contributed by atoms with Gasteiger partial charge < -0.3 is 5.73 Å². The minimum Gasteiger partial charge on any atom is -0.324 e. The van der Waals surface area contributed by atoms with Gasteiger partial charge in [0.2, 0.25) is 0 Å². The zero-order valence-corrected chi connectivity index (χ0v) is 12.0. The van der Waals surface area contributed by atoms with Gasteiger partial charge in [-0.1, -0.05) is 60.7 Å². The van der Waals surface area contributed by atoms with E-state index in [1.807, 2.05) is 6.07 Å². The molecular formula is C19H24N. The van der Waals surface area contributed by atoms with Crippen molar-refractivity contribution >= 4 is 0 Å². The van der Waals surface area contributed by atoms with Crippen LogP contribution in [0.25, 0.3) is 0 Å². The van der Waals surface area contributed by atoms with Crippen LogP contribution in [-0.2, 0) is 6.42 Å². The zero-order valence-electron chi connectivity index (χ0n) is 12.0. The SMILES string of the molecule is NC(CC[CH]CCCc1ccccc1)c1ccccc1. The molecule has 0 saturated heterocycles. The standard InChI is InChI=1S/C19H24N/c20-19(18-14-8-4-9-15-18)16-10-2-1-5-11-17-12-6-3-7-13-17/h2-4,6-9,12-15,19H,1,5,10-11,16,20H2. The van der Waals surface area contributed by atoms with E-state index >= 15 is 0 Å². The molecule has 2 N–H and O–H groups in total. The normalized spacial score (nSPS) is 12.2. The van der Waals surface area contributed by atoms with Gasteiger partial charge in [-0.2, -0.15) is 0 Å². The molecule has 0 saturated carbocycles. The van der Waals surface area contributed by atoms with E-state index in [1.54, 1.807) is 0 Å². The lowest BCUT2D eigenvalue weighted by atomic mass is 10.00. The average molecular weight is 266 g/mol. The number of hydrogen-bond acceptors (Lipinski definition) is 1. The average Bonchev–Trinajstić information content (AvgIpc) is 2.52.